The highest BCUT2D eigenvalue weighted by Gasteiger charge is 2.07. The van der Waals surface area contributed by atoms with Crippen LogP contribution < -0.4 is 5.32 Å². The highest BCUT2D eigenvalue weighted by molar-refractivity contribution is 9.10. The van der Waals surface area contributed by atoms with Gasteiger partial charge in [0.05, 0.1) is 6.61 Å². The molecule has 5 heteroatoms. The minimum Gasteiger partial charge on any atom is -0.380 e. The molecule has 0 aromatic heterocycles. The van der Waals surface area contributed by atoms with E-state index in [0.717, 1.165) is 16.5 Å². The summed E-state index contributed by atoms with van der Waals surface area (Å²) in [5, 5.41) is 2.87. The predicted molar refractivity (Wildman–Crippen MR) is 77.4 cm³/mol. The summed E-state index contributed by atoms with van der Waals surface area (Å²) in [5.41, 5.74) is 1.67. The molecule has 0 bridgehead atoms. The van der Waals surface area contributed by atoms with E-state index in [9.17, 15) is 4.79 Å². The molecule has 0 aliphatic rings. The average molecular weight is 335 g/mol. The van der Waals surface area contributed by atoms with E-state index in [4.69, 9.17) is 16.3 Å². The zero-order valence-electron chi connectivity index (χ0n) is 10.3. The average Bonchev–Trinajstić information content (AvgIpc) is 2.33. The van der Waals surface area contributed by atoms with Crippen LogP contribution in [0, 0.1) is 6.92 Å². The van der Waals surface area contributed by atoms with E-state index in [1.165, 1.54) is 0 Å². The second-order valence-electron chi connectivity index (χ2n) is 3.87. The molecule has 1 N–H and O–H groups in total. The number of carbonyl (C=O) groups is 1. The summed E-state index contributed by atoms with van der Waals surface area (Å²) in [6, 6.07) is 5.61. The van der Waals surface area contributed by atoms with Gasteiger partial charge in [-0.1, -0.05) is 15.9 Å². The van der Waals surface area contributed by atoms with Crippen LogP contribution in [0.4, 0.5) is 0 Å². The third-order valence-corrected chi connectivity index (χ3v) is 3.05. The summed E-state index contributed by atoms with van der Waals surface area (Å²) in [5.74, 6) is 0.460. The van der Waals surface area contributed by atoms with Gasteiger partial charge >= 0.3 is 0 Å². The van der Waals surface area contributed by atoms with Gasteiger partial charge in [-0.15, -0.1) is 11.6 Å². The Morgan fingerprint density at radius 2 is 2.22 bits per heavy atom. The van der Waals surface area contributed by atoms with Crippen LogP contribution in [-0.4, -0.2) is 31.5 Å². The highest BCUT2D eigenvalue weighted by Crippen LogP contribution is 2.15. The van der Waals surface area contributed by atoms with Crippen LogP contribution in [0.2, 0.25) is 0 Å². The monoisotopic (exact) mass is 333 g/mol. The quantitative estimate of drug-likeness (QED) is 0.614. The number of ether oxygens (including phenoxy) is 1. The fraction of sp³-hybridized carbons (Fsp3) is 0.462. The second kappa shape index (κ2) is 8.51. The molecule has 100 valence electrons. The van der Waals surface area contributed by atoms with E-state index in [0.29, 0.717) is 31.2 Å². The van der Waals surface area contributed by atoms with Gasteiger partial charge in [-0.25, -0.2) is 0 Å². The smallest absolute Gasteiger partial charge is 0.251 e. The van der Waals surface area contributed by atoms with Crippen LogP contribution in [0.5, 0.6) is 0 Å². The van der Waals surface area contributed by atoms with Crippen molar-refractivity contribution in [2.24, 2.45) is 0 Å². The SMILES string of the molecule is Cc1cc(Br)ccc1C(=O)NCCCOCCCl. The second-order valence-corrected chi connectivity index (χ2v) is 5.16. The Labute approximate surface area is 121 Å². The van der Waals surface area contributed by atoms with Crippen LogP contribution >= 0.6 is 27.5 Å². The lowest BCUT2D eigenvalue weighted by Crippen LogP contribution is -2.26. The highest BCUT2D eigenvalue weighted by atomic mass is 79.9. The minimum absolute atomic E-state index is 0.0441. The van der Waals surface area contributed by atoms with Crippen molar-refractivity contribution in [1.82, 2.24) is 5.32 Å². The van der Waals surface area contributed by atoms with Crippen molar-refractivity contribution in [3.8, 4) is 0 Å². The third-order valence-electron chi connectivity index (χ3n) is 2.41. The van der Waals surface area contributed by atoms with Crippen molar-refractivity contribution in [1.29, 1.82) is 0 Å². The maximum Gasteiger partial charge on any atom is 0.251 e. The summed E-state index contributed by atoms with van der Waals surface area (Å²) in [7, 11) is 0. The van der Waals surface area contributed by atoms with Gasteiger partial charge in [-0.05, 0) is 37.1 Å². The van der Waals surface area contributed by atoms with Gasteiger partial charge in [0.15, 0.2) is 0 Å². The van der Waals surface area contributed by atoms with Gasteiger partial charge in [0, 0.05) is 29.1 Å². The zero-order chi connectivity index (χ0) is 13.4. The Kier molecular flexibility index (Phi) is 7.32. The summed E-state index contributed by atoms with van der Waals surface area (Å²) < 4.78 is 6.20. The Morgan fingerprint density at radius 3 is 2.89 bits per heavy atom. The van der Waals surface area contributed by atoms with Crippen LogP contribution in [-0.2, 0) is 4.74 Å². The number of halogens is 2. The molecule has 0 atom stereocenters. The first-order chi connectivity index (χ1) is 8.65. The number of alkyl halides is 1. The van der Waals surface area contributed by atoms with Crippen LogP contribution in [0.1, 0.15) is 22.3 Å². The number of benzene rings is 1. The zero-order valence-corrected chi connectivity index (χ0v) is 12.7. The van der Waals surface area contributed by atoms with Crippen molar-refractivity contribution in [2.45, 2.75) is 13.3 Å². The molecule has 1 rings (SSSR count). The maximum absolute atomic E-state index is 11.9. The molecule has 1 amide bonds. The Bertz CT molecular complexity index is 399. The maximum atomic E-state index is 11.9. The fourth-order valence-electron chi connectivity index (χ4n) is 1.51. The first kappa shape index (κ1) is 15.5. The molecule has 0 saturated carbocycles. The number of aryl methyl sites for hydroxylation is 1. The molecular weight excluding hydrogens is 318 g/mol. The lowest BCUT2D eigenvalue weighted by molar-refractivity contribution is 0.0944. The predicted octanol–water partition coefficient (Wildman–Crippen LogP) is 3.13. The van der Waals surface area contributed by atoms with Gasteiger partial charge < -0.3 is 10.1 Å². The minimum atomic E-state index is -0.0441. The molecule has 1 aromatic carbocycles. The van der Waals surface area contributed by atoms with Gasteiger partial charge in [-0.2, -0.15) is 0 Å². The molecule has 0 unspecified atom stereocenters. The van der Waals surface area contributed by atoms with E-state index in [1.807, 2.05) is 25.1 Å². The molecule has 1 aromatic rings. The topological polar surface area (TPSA) is 38.3 Å². The van der Waals surface area contributed by atoms with Crippen molar-refractivity contribution in [2.75, 3.05) is 25.6 Å². The summed E-state index contributed by atoms with van der Waals surface area (Å²) in [6.45, 7) is 3.70. The van der Waals surface area contributed by atoms with Crippen molar-refractivity contribution < 1.29 is 9.53 Å². The molecule has 3 nitrogen and oxygen atoms in total. The van der Waals surface area contributed by atoms with Crippen LogP contribution in [0.25, 0.3) is 0 Å². The molecular formula is C13H17BrClNO2. The van der Waals surface area contributed by atoms with Gasteiger partial charge in [0.1, 0.15) is 0 Å². The van der Waals surface area contributed by atoms with E-state index in [-0.39, 0.29) is 5.91 Å². The fourth-order valence-corrected chi connectivity index (χ4v) is 2.09. The van der Waals surface area contributed by atoms with Crippen LogP contribution in [0.15, 0.2) is 22.7 Å². The molecule has 0 heterocycles. The molecule has 0 spiro atoms. The van der Waals surface area contributed by atoms with Crippen molar-refractivity contribution in [3.05, 3.63) is 33.8 Å². The number of amides is 1. The van der Waals surface area contributed by atoms with Crippen molar-refractivity contribution >= 4 is 33.4 Å². The molecule has 18 heavy (non-hydrogen) atoms. The lowest BCUT2D eigenvalue weighted by Gasteiger charge is -2.08. The standard InChI is InChI=1S/C13H17BrClNO2/c1-10-9-11(14)3-4-12(10)13(17)16-6-2-7-18-8-5-15/h3-4,9H,2,5-8H2,1H3,(H,16,17). The molecule has 0 aliphatic carbocycles. The number of rotatable bonds is 7. The van der Waals surface area contributed by atoms with E-state index >= 15 is 0 Å². The summed E-state index contributed by atoms with van der Waals surface area (Å²) in [4.78, 5) is 11.9. The summed E-state index contributed by atoms with van der Waals surface area (Å²) >= 11 is 8.85. The Morgan fingerprint density at radius 1 is 1.44 bits per heavy atom. The molecule has 0 aliphatic heterocycles. The van der Waals surface area contributed by atoms with E-state index < -0.39 is 0 Å². The molecule has 0 saturated heterocycles. The number of nitrogens with one attached hydrogen (secondary N) is 1. The Hall–Kier alpha value is -0.580. The van der Waals surface area contributed by atoms with Gasteiger partial charge in [-0.3, -0.25) is 4.79 Å². The van der Waals surface area contributed by atoms with Gasteiger partial charge in [0.2, 0.25) is 0 Å². The van der Waals surface area contributed by atoms with Crippen LogP contribution in [0.3, 0.4) is 0 Å². The number of carbonyl (C=O) groups excluding carboxylic acids is 1. The molecule has 0 fully saturated rings. The molecule has 0 radical (unpaired) electrons. The first-order valence-corrected chi connectivity index (χ1v) is 7.16. The lowest BCUT2D eigenvalue weighted by atomic mass is 10.1. The first-order valence-electron chi connectivity index (χ1n) is 5.83. The van der Waals surface area contributed by atoms with Crippen molar-refractivity contribution in [3.63, 3.8) is 0 Å². The normalized spacial score (nSPS) is 10.4. The Balaban J connectivity index is 2.32. The number of hydrogen-bond donors (Lipinski definition) is 1. The van der Waals surface area contributed by atoms with E-state index in [1.54, 1.807) is 0 Å². The van der Waals surface area contributed by atoms with E-state index in [2.05, 4.69) is 21.2 Å². The largest absolute Gasteiger partial charge is 0.380 e. The summed E-state index contributed by atoms with van der Waals surface area (Å²) in [6.07, 6.45) is 0.790. The third kappa shape index (κ3) is 5.38. The van der Waals surface area contributed by atoms with Gasteiger partial charge in [0.25, 0.3) is 5.91 Å². The number of hydrogen-bond acceptors (Lipinski definition) is 2.